The van der Waals surface area contributed by atoms with Gasteiger partial charge < -0.3 is 4.42 Å². The van der Waals surface area contributed by atoms with Crippen molar-refractivity contribution in [2.75, 3.05) is 0 Å². The number of carbonyl (C=O) groups excluding carboxylic acids is 1. The van der Waals surface area contributed by atoms with Gasteiger partial charge in [-0.15, -0.1) is 11.3 Å². The molecule has 2 aromatic heterocycles. The molecule has 0 fully saturated rings. The maximum atomic E-state index is 11.8. The predicted molar refractivity (Wildman–Crippen MR) is 65.9 cm³/mol. The second-order valence-corrected chi connectivity index (χ2v) is 4.63. The molecule has 0 amide bonds. The van der Waals surface area contributed by atoms with Crippen molar-refractivity contribution in [1.82, 2.24) is 0 Å². The van der Waals surface area contributed by atoms with Gasteiger partial charge in [-0.25, -0.2) is 0 Å². The largest absolute Gasteiger partial charge is 0.458 e. The minimum Gasteiger partial charge on any atom is -0.458 e. The Morgan fingerprint density at radius 1 is 1.44 bits per heavy atom. The summed E-state index contributed by atoms with van der Waals surface area (Å²) in [6, 6.07) is 7.17. The van der Waals surface area contributed by atoms with Crippen LogP contribution in [0.5, 0.6) is 0 Å². The third kappa shape index (κ3) is 2.43. The van der Waals surface area contributed by atoms with Gasteiger partial charge in [0.15, 0.2) is 5.76 Å². The Morgan fingerprint density at radius 2 is 2.25 bits per heavy atom. The van der Waals surface area contributed by atoms with Crippen molar-refractivity contribution in [1.29, 1.82) is 0 Å². The molecule has 0 aliphatic rings. The van der Waals surface area contributed by atoms with Crippen LogP contribution < -0.4 is 0 Å². The van der Waals surface area contributed by atoms with Gasteiger partial charge in [-0.1, -0.05) is 17.7 Å². The Balaban J connectivity index is 2.22. The van der Waals surface area contributed by atoms with Crippen LogP contribution in [0.2, 0.25) is 0 Å². The Hall–Kier alpha value is -1.32. The van der Waals surface area contributed by atoms with Crippen LogP contribution in [0.25, 0.3) is 6.08 Å². The molecule has 0 atom stereocenters. The molecule has 16 heavy (non-hydrogen) atoms. The van der Waals surface area contributed by atoms with Gasteiger partial charge in [0.25, 0.3) is 0 Å². The molecule has 2 nitrogen and oxygen atoms in total. The first-order valence-corrected chi connectivity index (χ1v) is 5.94. The first-order valence-electron chi connectivity index (χ1n) is 4.68. The van der Waals surface area contributed by atoms with Crippen molar-refractivity contribution < 1.29 is 9.21 Å². The van der Waals surface area contributed by atoms with Crippen LogP contribution in [0.4, 0.5) is 0 Å². The molecule has 0 saturated carbocycles. The lowest BCUT2D eigenvalue weighted by Gasteiger charge is -1.94. The van der Waals surface area contributed by atoms with Crippen molar-refractivity contribution in [3.05, 3.63) is 51.1 Å². The fourth-order valence-electron chi connectivity index (χ4n) is 1.24. The average molecular weight is 253 g/mol. The Labute approximate surface area is 102 Å². The van der Waals surface area contributed by atoms with E-state index in [1.165, 1.54) is 11.3 Å². The van der Waals surface area contributed by atoms with Crippen molar-refractivity contribution in [2.24, 2.45) is 0 Å². The molecule has 0 saturated heterocycles. The van der Waals surface area contributed by atoms with Crippen LogP contribution in [-0.4, -0.2) is 5.78 Å². The topological polar surface area (TPSA) is 30.2 Å². The SMILES string of the molecule is Cc1ccc(C(=O)/C(Cl)=C/c2cccs2)o1. The standard InChI is InChI=1S/C12H9ClO2S/c1-8-4-5-11(15-8)12(14)10(13)7-9-3-2-6-16-9/h2-7H,1H3/b10-7-. The highest BCUT2D eigenvalue weighted by atomic mass is 35.5. The van der Waals surface area contributed by atoms with E-state index >= 15 is 0 Å². The third-order valence-corrected chi connectivity index (χ3v) is 3.09. The molecular formula is C12H9ClO2S. The van der Waals surface area contributed by atoms with E-state index in [-0.39, 0.29) is 16.6 Å². The first-order chi connectivity index (χ1) is 7.66. The predicted octanol–water partition coefficient (Wildman–Crippen LogP) is 4.11. The molecule has 0 unspecified atom stereocenters. The number of aryl methyl sites for hydroxylation is 1. The summed E-state index contributed by atoms with van der Waals surface area (Å²) < 4.78 is 5.21. The summed E-state index contributed by atoms with van der Waals surface area (Å²) in [7, 11) is 0. The first kappa shape index (κ1) is 11.2. The quantitative estimate of drug-likeness (QED) is 0.608. The van der Waals surface area contributed by atoms with E-state index in [0.29, 0.717) is 5.76 Å². The number of carbonyl (C=O) groups is 1. The summed E-state index contributed by atoms with van der Waals surface area (Å²) in [5, 5.41) is 2.09. The smallest absolute Gasteiger partial charge is 0.239 e. The van der Waals surface area contributed by atoms with Crippen molar-refractivity contribution in [3.8, 4) is 0 Å². The molecule has 0 N–H and O–H groups in total. The second-order valence-electron chi connectivity index (χ2n) is 3.25. The van der Waals surface area contributed by atoms with Crippen LogP contribution in [0, 0.1) is 6.92 Å². The molecule has 0 bridgehead atoms. The summed E-state index contributed by atoms with van der Waals surface area (Å²) in [5.74, 6) is 0.683. The fourth-order valence-corrected chi connectivity index (χ4v) is 2.17. The maximum Gasteiger partial charge on any atom is 0.239 e. The molecular weight excluding hydrogens is 244 g/mol. The van der Waals surface area contributed by atoms with Crippen LogP contribution in [0.15, 0.2) is 39.1 Å². The van der Waals surface area contributed by atoms with E-state index in [2.05, 4.69) is 0 Å². The van der Waals surface area contributed by atoms with Gasteiger partial charge in [-0.2, -0.15) is 0 Å². The highest BCUT2D eigenvalue weighted by molar-refractivity contribution is 7.10. The van der Waals surface area contributed by atoms with E-state index in [0.717, 1.165) is 4.88 Å². The van der Waals surface area contributed by atoms with E-state index in [4.69, 9.17) is 16.0 Å². The Bertz CT molecular complexity index is 523. The number of furan rings is 1. The number of Topliss-reactive ketones (excluding diaryl/α,β-unsaturated/α-hetero) is 1. The van der Waals surface area contributed by atoms with Gasteiger partial charge in [-0.05, 0) is 36.6 Å². The maximum absolute atomic E-state index is 11.8. The lowest BCUT2D eigenvalue weighted by molar-refractivity contribution is 0.101. The summed E-state index contributed by atoms with van der Waals surface area (Å²) in [6.07, 6.45) is 1.65. The average Bonchev–Trinajstić information content (AvgIpc) is 2.88. The number of hydrogen-bond acceptors (Lipinski definition) is 3. The van der Waals surface area contributed by atoms with Crippen molar-refractivity contribution in [3.63, 3.8) is 0 Å². The second kappa shape index (κ2) is 4.68. The van der Waals surface area contributed by atoms with E-state index in [9.17, 15) is 4.79 Å². The van der Waals surface area contributed by atoms with E-state index < -0.39 is 0 Å². The van der Waals surface area contributed by atoms with Crippen molar-refractivity contribution in [2.45, 2.75) is 6.92 Å². The Kier molecular flexibility index (Phi) is 3.27. The number of allylic oxidation sites excluding steroid dienone is 1. The van der Waals surface area contributed by atoms with Crippen LogP contribution in [-0.2, 0) is 0 Å². The molecule has 0 radical (unpaired) electrons. The molecule has 2 rings (SSSR count). The molecule has 2 aromatic rings. The van der Waals surface area contributed by atoms with Gasteiger partial charge in [0.05, 0.1) is 5.03 Å². The van der Waals surface area contributed by atoms with Crippen LogP contribution >= 0.6 is 22.9 Å². The minimum absolute atomic E-state index is 0.164. The summed E-state index contributed by atoms with van der Waals surface area (Å²) in [4.78, 5) is 12.7. The highest BCUT2D eigenvalue weighted by Crippen LogP contribution is 2.20. The molecule has 2 heterocycles. The molecule has 0 aliphatic heterocycles. The van der Waals surface area contributed by atoms with Crippen LogP contribution in [0.1, 0.15) is 21.2 Å². The number of thiophene rings is 1. The lowest BCUT2D eigenvalue weighted by atomic mass is 10.2. The number of halogens is 1. The summed E-state index contributed by atoms with van der Waals surface area (Å²) in [5.41, 5.74) is 0. The minimum atomic E-state index is -0.289. The number of hydrogen-bond donors (Lipinski definition) is 0. The van der Waals surface area contributed by atoms with Gasteiger partial charge in [0.2, 0.25) is 5.78 Å². The molecule has 0 spiro atoms. The fraction of sp³-hybridized carbons (Fsp3) is 0.0833. The van der Waals surface area contributed by atoms with Crippen LogP contribution in [0.3, 0.4) is 0 Å². The van der Waals surface area contributed by atoms with E-state index in [1.54, 1.807) is 25.1 Å². The summed E-state index contributed by atoms with van der Waals surface area (Å²) in [6.45, 7) is 1.79. The third-order valence-electron chi connectivity index (χ3n) is 1.99. The monoisotopic (exact) mass is 252 g/mol. The molecule has 4 heteroatoms. The highest BCUT2D eigenvalue weighted by Gasteiger charge is 2.13. The molecule has 0 aliphatic carbocycles. The molecule has 0 aromatic carbocycles. The van der Waals surface area contributed by atoms with Gasteiger partial charge in [0, 0.05) is 4.88 Å². The lowest BCUT2D eigenvalue weighted by Crippen LogP contribution is -1.96. The zero-order chi connectivity index (χ0) is 11.5. The van der Waals surface area contributed by atoms with Gasteiger partial charge in [-0.3, -0.25) is 4.79 Å². The van der Waals surface area contributed by atoms with E-state index in [1.807, 2.05) is 17.5 Å². The zero-order valence-electron chi connectivity index (χ0n) is 8.57. The van der Waals surface area contributed by atoms with Crippen molar-refractivity contribution >= 4 is 34.8 Å². The normalized spacial score (nSPS) is 11.8. The Morgan fingerprint density at radius 3 is 2.81 bits per heavy atom. The number of ketones is 1. The van der Waals surface area contributed by atoms with Gasteiger partial charge in [0.1, 0.15) is 5.76 Å². The molecule has 82 valence electrons. The summed E-state index contributed by atoms with van der Waals surface area (Å²) >= 11 is 7.45. The number of rotatable bonds is 3. The zero-order valence-corrected chi connectivity index (χ0v) is 10.1. The van der Waals surface area contributed by atoms with Gasteiger partial charge >= 0.3 is 0 Å².